The van der Waals surface area contributed by atoms with Gasteiger partial charge in [-0.25, -0.2) is 28.6 Å². The van der Waals surface area contributed by atoms with Crippen LogP contribution in [0.2, 0.25) is 0 Å². The number of imidazole rings is 1. The van der Waals surface area contributed by atoms with E-state index < -0.39 is 59.5 Å². The maximum atomic E-state index is 13.5. The zero-order valence-corrected chi connectivity index (χ0v) is 44.6. The van der Waals surface area contributed by atoms with Gasteiger partial charge in [-0.3, -0.25) is 38.4 Å². The number of hydrogen-bond donors (Lipinski definition) is 7. The van der Waals surface area contributed by atoms with Crippen molar-refractivity contribution in [3.05, 3.63) is 122 Å². The Morgan fingerprint density at radius 2 is 1.70 bits per heavy atom. The second-order valence-corrected chi connectivity index (χ2v) is 22.6. The zero-order valence-electron chi connectivity index (χ0n) is 41.9. The quantitative estimate of drug-likeness (QED) is 0.00417. The van der Waals surface area contributed by atoms with E-state index in [1.165, 1.54) is 59.7 Å². The van der Waals surface area contributed by atoms with Gasteiger partial charge in [-0.15, -0.1) is 0 Å². The summed E-state index contributed by atoms with van der Waals surface area (Å²) >= 11 is 0. The number of hydrogen-bond acceptors (Lipinski definition) is 21. The molecule has 3 aliphatic rings. The van der Waals surface area contributed by atoms with Gasteiger partial charge >= 0.3 is 23.5 Å². The van der Waals surface area contributed by atoms with Gasteiger partial charge in [0.1, 0.15) is 47.3 Å². The zero-order chi connectivity index (χ0) is 57.5. The number of ketones is 2. The highest BCUT2D eigenvalue weighted by Gasteiger charge is 2.43. The Hall–Kier alpha value is -7.40. The molecule has 2 aliphatic heterocycles. The Morgan fingerprint density at radius 3 is 2.45 bits per heavy atom. The number of aromatic nitrogens is 4. The Bertz CT molecular complexity index is 3760. The molecule has 5 aromatic rings. The van der Waals surface area contributed by atoms with Gasteiger partial charge in [0.05, 0.1) is 35.6 Å². The Balaban J connectivity index is 0.801. The normalized spacial score (nSPS) is 17.3. The third-order valence-corrected chi connectivity index (χ3v) is 16.3. The Labute approximate surface area is 452 Å². The van der Waals surface area contributed by atoms with Gasteiger partial charge in [0.2, 0.25) is 0 Å². The summed E-state index contributed by atoms with van der Waals surface area (Å²) in [5, 5.41) is 36.7. The molecular weight excluding hydrogens is 1110 g/mol. The number of phenols is 1. The second kappa shape index (κ2) is 24.9. The van der Waals surface area contributed by atoms with Crippen molar-refractivity contribution in [2.24, 2.45) is 0 Å². The fourth-order valence-corrected chi connectivity index (χ4v) is 11.9. The minimum atomic E-state index is -5.77. The molecule has 1 aliphatic carbocycles. The van der Waals surface area contributed by atoms with Gasteiger partial charge in [0, 0.05) is 83.5 Å². The van der Waals surface area contributed by atoms with Crippen LogP contribution < -0.4 is 15.5 Å². The number of fused-ring (bicyclic) bond motifs is 3. The first kappa shape index (κ1) is 58.7. The number of phosphoric ester groups is 1. The van der Waals surface area contributed by atoms with Gasteiger partial charge in [-0.05, 0) is 74.4 Å². The number of phosphoric acid groups is 3. The fourth-order valence-electron chi connectivity index (χ4n) is 8.90. The molecule has 4 heterocycles. The molecule has 3 aromatic carbocycles. The van der Waals surface area contributed by atoms with Crippen molar-refractivity contribution in [1.82, 2.24) is 19.5 Å². The maximum absolute atomic E-state index is 13.5. The number of rotatable bonds is 25. The first-order valence-corrected chi connectivity index (χ1v) is 28.8. The molecule has 0 bridgehead atoms. The SMILES string of the molecule is C[C@H](Nc1ncnc2c1ncn2[C@H]1CC(O)[C@@H](COP(=O)(O)OP(=O)(O)OP(=O)(O)O)O1)c1ccc(C#CCCC(=O)CCCCCCC(=O)c2ccc(OC=O)c(-c3c4ccc(=O)cc-4oc4cc(O)ccc34)c2)cc1[N+](=O)[O-]. The maximum Gasteiger partial charge on any atom is 0.490 e. The molecular formula is C50H49N6O21P3. The third-order valence-electron chi connectivity index (χ3n) is 12.5. The summed E-state index contributed by atoms with van der Waals surface area (Å²) in [5.41, 5.74) is 2.56. The number of benzene rings is 4. The van der Waals surface area contributed by atoms with E-state index in [2.05, 4.69) is 45.3 Å². The molecule has 0 spiro atoms. The van der Waals surface area contributed by atoms with Crippen LogP contribution in [-0.2, 0) is 41.2 Å². The monoisotopic (exact) mass is 1160 g/mol. The van der Waals surface area contributed by atoms with Gasteiger partial charge in [0.15, 0.2) is 28.2 Å². The van der Waals surface area contributed by atoms with Crippen LogP contribution >= 0.6 is 23.5 Å². The molecule has 27 nitrogen and oxygen atoms in total. The average molecular weight is 1160 g/mol. The van der Waals surface area contributed by atoms with E-state index in [9.17, 15) is 63.0 Å². The van der Waals surface area contributed by atoms with E-state index >= 15 is 0 Å². The van der Waals surface area contributed by atoms with Crippen molar-refractivity contribution < 1.29 is 89.8 Å². The summed E-state index contributed by atoms with van der Waals surface area (Å²) < 4.78 is 65.2. The molecule has 6 atom stereocenters. The number of Topliss-reactive ketones (excluding diaryl/α,β-unsaturated/α-hetero) is 2. The number of nitro benzene ring substituents is 1. The van der Waals surface area contributed by atoms with Crippen LogP contribution in [0.5, 0.6) is 11.5 Å². The first-order chi connectivity index (χ1) is 38.0. The predicted molar refractivity (Wildman–Crippen MR) is 281 cm³/mol. The molecule has 0 amide bonds. The number of unbranched alkanes of at least 4 members (excludes halogenated alkanes) is 3. The fraction of sp³-hybridized carbons (Fsp3) is 0.300. The molecule has 3 unspecified atom stereocenters. The van der Waals surface area contributed by atoms with Crippen molar-refractivity contribution in [1.29, 1.82) is 0 Å². The second-order valence-electron chi connectivity index (χ2n) is 18.2. The lowest BCUT2D eigenvalue weighted by atomic mass is 9.91. The highest BCUT2D eigenvalue weighted by Crippen LogP contribution is 2.66. The molecule has 1 fully saturated rings. The van der Waals surface area contributed by atoms with Crippen LogP contribution in [-0.4, -0.2) is 91.1 Å². The van der Waals surface area contributed by atoms with Crippen LogP contribution in [0.15, 0.2) is 94.7 Å². The largest absolute Gasteiger partial charge is 0.508 e. The summed E-state index contributed by atoms with van der Waals surface area (Å²) in [6, 6.07) is 17.2. The first-order valence-electron chi connectivity index (χ1n) is 24.3. The Kier molecular flexibility index (Phi) is 18.3. The van der Waals surface area contributed by atoms with Gasteiger partial charge in [-0.2, -0.15) is 8.62 Å². The van der Waals surface area contributed by atoms with E-state index in [0.29, 0.717) is 65.3 Å². The lowest BCUT2D eigenvalue weighted by Gasteiger charge is -2.19. The number of aliphatic hydroxyl groups excluding tert-OH is 1. The van der Waals surface area contributed by atoms with E-state index in [1.54, 1.807) is 37.3 Å². The molecule has 1 saturated heterocycles. The molecule has 7 N–H and O–H groups in total. The highest BCUT2D eigenvalue weighted by atomic mass is 31.3. The van der Waals surface area contributed by atoms with Crippen LogP contribution in [0.4, 0.5) is 11.5 Å². The molecule has 8 rings (SSSR count). The average Bonchev–Trinajstić information content (AvgIpc) is 4.02. The van der Waals surface area contributed by atoms with Gasteiger partial charge in [-0.1, -0.05) is 24.7 Å². The lowest BCUT2D eigenvalue weighted by molar-refractivity contribution is -0.385. The molecule has 80 heavy (non-hydrogen) atoms. The number of carbonyl (C=O) groups is 3. The highest BCUT2D eigenvalue weighted by molar-refractivity contribution is 7.66. The number of nitrogens with one attached hydrogen (secondary N) is 1. The van der Waals surface area contributed by atoms with E-state index in [0.717, 1.165) is 0 Å². The number of aromatic hydroxyl groups is 1. The number of phenolic OH excluding ortho intramolecular Hbond substituents is 1. The van der Waals surface area contributed by atoms with Crippen LogP contribution in [0.1, 0.15) is 98.5 Å². The molecule has 30 heteroatoms. The third kappa shape index (κ3) is 14.7. The van der Waals surface area contributed by atoms with Crippen molar-refractivity contribution >= 4 is 75.1 Å². The van der Waals surface area contributed by atoms with Crippen LogP contribution in [0.3, 0.4) is 0 Å². The minimum Gasteiger partial charge on any atom is -0.508 e. The molecule has 0 saturated carbocycles. The number of carbonyl (C=O) groups excluding carboxylic acids is 3. The van der Waals surface area contributed by atoms with Crippen molar-refractivity contribution in [3.8, 4) is 45.8 Å². The van der Waals surface area contributed by atoms with Gasteiger partial charge in [0.25, 0.3) is 12.2 Å². The van der Waals surface area contributed by atoms with Crippen LogP contribution in [0, 0.1) is 22.0 Å². The smallest absolute Gasteiger partial charge is 0.490 e. The van der Waals surface area contributed by atoms with Crippen molar-refractivity contribution in [2.75, 3.05) is 11.9 Å². The van der Waals surface area contributed by atoms with E-state index in [1.807, 2.05) is 0 Å². The summed E-state index contributed by atoms with van der Waals surface area (Å²) in [4.78, 5) is 111. The van der Waals surface area contributed by atoms with E-state index in [-0.39, 0.29) is 100 Å². The summed E-state index contributed by atoms with van der Waals surface area (Å²) in [6.07, 6.45) is 2.11. The summed E-state index contributed by atoms with van der Waals surface area (Å²) in [5.74, 6) is 6.15. The van der Waals surface area contributed by atoms with Crippen molar-refractivity contribution in [2.45, 2.75) is 89.2 Å². The molecule has 2 aromatic heterocycles. The predicted octanol–water partition coefficient (Wildman–Crippen LogP) is 7.94. The molecule has 420 valence electrons. The number of aliphatic hydroxyl groups is 1. The topological polar surface area (TPSA) is 399 Å². The van der Waals surface area contributed by atoms with Gasteiger partial charge < -0.3 is 49.0 Å². The minimum absolute atomic E-state index is 0.00824. The number of nitro groups is 1. The molecule has 0 radical (unpaired) electrons. The Morgan fingerprint density at radius 1 is 0.925 bits per heavy atom. The lowest BCUT2D eigenvalue weighted by Crippen LogP contribution is -2.26. The van der Waals surface area contributed by atoms with E-state index in [4.69, 9.17) is 23.7 Å². The van der Waals surface area contributed by atoms with Crippen LogP contribution in [0.25, 0.3) is 44.6 Å². The summed E-state index contributed by atoms with van der Waals surface area (Å²) in [6.45, 7) is 1.03. The number of anilines is 1. The number of nitrogens with zero attached hydrogens (tertiary/aromatic N) is 5. The van der Waals surface area contributed by atoms with Crippen molar-refractivity contribution in [3.63, 3.8) is 0 Å². The standard InChI is InChI=1S/C50H49N6O21P3/c1-29(54-49-48-50(52-26-51-49)55(27-53-48)46-24-41(62)45(75-46)25-73-79(68,69)77-80(70,71)76-78(65,66)67)35-16-12-30(20-39(35)56(63)64)8-6-7-10-32(58)9-4-2-3-5-11-40(61)31-13-19-42(72-28-57)38(21-31)47-36-17-14-33(59)22-43(36)74-44-23-34(60)15-18-37(44)47/h12-23,26-29,41,45-46,59,62H,2-5,7,9-11,24-25H2,1H3,(H,68,69)(H,70,71)(H,51,52,54)(H2,65,66,67)/t29-,41?,45+,46+/m0/s1. The number of ether oxygens (including phenoxy) is 2. The summed E-state index contributed by atoms with van der Waals surface area (Å²) in [7, 11) is -16.9.